The van der Waals surface area contributed by atoms with Crippen LogP contribution in [0, 0.1) is 13.8 Å². The van der Waals surface area contributed by atoms with Crippen molar-refractivity contribution in [1.82, 2.24) is 10.1 Å². The average Bonchev–Trinajstić information content (AvgIpc) is 3.17. The number of aromatic nitrogens is 2. The van der Waals surface area contributed by atoms with E-state index >= 15 is 0 Å². The van der Waals surface area contributed by atoms with Gasteiger partial charge in [0.15, 0.2) is 0 Å². The molecule has 0 saturated heterocycles. The lowest BCUT2D eigenvalue weighted by atomic mass is 9.83. The van der Waals surface area contributed by atoms with Crippen molar-refractivity contribution in [3.63, 3.8) is 0 Å². The van der Waals surface area contributed by atoms with E-state index in [1.807, 2.05) is 74.5 Å². The second-order valence-corrected chi connectivity index (χ2v) is 8.73. The number of hydrogen-bond acceptors (Lipinski definition) is 4. The van der Waals surface area contributed by atoms with Gasteiger partial charge in [0, 0.05) is 11.1 Å². The second-order valence-electron chi connectivity index (χ2n) is 8.73. The smallest absolute Gasteiger partial charge is 0.262 e. The topological polar surface area (TPSA) is 59.2 Å². The van der Waals surface area contributed by atoms with Crippen molar-refractivity contribution in [3.05, 3.63) is 77.4 Å². The first kappa shape index (κ1) is 19.9. The highest BCUT2D eigenvalue weighted by atomic mass is 16.5. The Labute approximate surface area is 177 Å². The molecule has 0 amide bonds. The number of phenols is 1. The molecule has 4 heteroatoms. The van der Waals surface area contributed by atoms with Gasteiger partial charge in [-0.25, -0.2) is 0 Å². The largest absolute Gasteiger partial charge is 0.506 e. The minimum absolute atomic E-state index is 0.110. The summed E-state index contributed by atoms with van der Waals surface area (Å²) in [5.74, 6) is 0.988. The maximum atomic E-state index is 11.1. The molecule has 0 unspecified atom stereocenters. The normalized spacial score (nSPS) is 11.6. The van der Waals surface area contributed by atoms with Crippen molar-refractivity contribution < 1.29 is 9.63 Å². The van der Waals surface area contributed by atoms with E-state index in [4.69, 9.17) is 4.52 Å². The summed E-state index contributed by atoms with van der Waals surface area (Å²) in [6.45, 7) is 10.5. The zero-order valence-corrected chi connectivity index (χ0v) is 18.0. The van der Waals surface area contributed by atoms with Crippen LogP contribution in [0.1, 0.15) is 37.5 Å². The lowest BCUT2D eigenvalue weighted by Gasteiger charge is -2.22. The minimum Gasteiger partial charge on any atom is -0.506 e. The fourth-order valence-corrected chi connectivity index (χ4v) is 3.67. The summed E-state index contributed by atoms with van der Waals surface area (Å²) in [4.78, 5) is 4.65. The van der Waals surface area contributed by atoms with Gasteiger partial charge in [-0.3, -0.25) is 0 Å². The molecule has 4 rings (SSSR count). The molecule has 4 aromatic rings. The zero-order chi connectivity index (χ0) is 21.5. The van der Waals surface area contributed by atoms with Crippen molar-refractivity contribution in [2.75, 3.05) is 0 Å². The van der Waals surface area contributed by atoms with E-state index in [0.717, 1.165) is 33.4 Å². The minimum atomic E-state index is -0.110. The first-order valence-corrected chi connectivity index (χ1v) is 10.1. The Kier molecular flexibility index (Phi) is 4.94. The number of hydrogen-bond donors (Lipinski definition) is 1. The molecule has 1 N–H and O–H groups in total. The first-order valence-electron chi connectivity index (χ1n) is 10.1. The third-order valence-corrected chi connectivity index (χ3v) is 5.42. The molecule has 0 spiro atoms. The molecule has 1 aromatic heterocycles. The van der Waals surface area contributed by atoms with Gasteiger partial charge in [-0.2, -0.15) is 4.98 Å². The molecule has 0 atom stereocenters. The maximum absolute atomic E-state index is 11.1. The highest BCUT2D eigenvalue weighted by molar-refractivity contribution is 5.81. The lowest BCUT2D eigenvalue weighted by Crippen LogP contribution is -2.11. The summed E-state index contributed by atoms with van der Waals surface area (Å²) in [6, 6.07) is 19.9. The molecule has 0 aliphatic heterocycles. The monoisotopic (exact) mass is 398 g/mol. The summed E-state index contributed by atoms with van der Waals surface area (Å²) in [6.07, 6.45) is 0. The SMILES string of the molecule is Cc1cccc(C)c1-c1noc(-c2cc(C(C)(C)C)cc(-c3ccccc3)c2O)n1. The van der Waals surface area contributed by atoms with Crippen LogP contribution in [0.3, 0.4) is 0 Å². The van der Waals surface area contributed by atoms with Gasteiger partial charge in [0.25, 0.3) is 5.89 Å². The molecular weight excluding hydrogens is 372 g/mol. The molecular formula is C26H26N2O2. The van der Waals surface area contributed by atoms with Crippen LogP contribution in [-0.2, 0) is 5.41 Å². The van der Waals surface area contributed by atoms with Crippen LogP contribution < -0.4 is 0 Å². The molecule has 0 aliphatic carbocycles. The Bertz CT molecular complexity index is 1180. The molecule has 152 valence electrons. The molecule has 0 saturated carbocycles. The van der Waals surface area contributed by atoms with E-state index in [2.05, 4.69) is 30.9 Å². The maximum Gasteiger partial charge on any atom is 0.262 e. The van der Waals surface area contributed by atoms with E-state index in [1.165, 1.54) is 0 Å². The fraction of sp³-hybridized carbons (Fsp3) is 0.231. The summed E-state index contributed by atoms with van der Waals surface area (Å²) in [7, 11) is 0. The predicted octanol–water partition coefficient (Wildman–Crippen LogP) is 6.69. The summed E-state index contributed by atoms with van der Waals surface area (Å²) in [5.41, 5.74) is 6.35. The van der Waals surface area contributed by atoms with Gasteiger partial charge in [0.1, 0.15) is 5.75 Å². The Morgan fingerprint density at radius 3 is 2.10 bits per heavy atom. The van der Waals surface area contributed by atoms with Crippen LogP contribution in [-0.4, -0.2) is 15.2 Å². The van der Waals surface area contributed by atoms with Gasteiger partial charge in [-0.15, -0.1) is 0 Å². The Morgan fingerprint density at radius 2 is 1.47 bits per heavy atom. The average molecular weight is 399 g/mol. The molecule has 1 heterocycles. The van der Waals surface area contributed by atoms with Crippen LogP contribution in [0.15, 0.2) is 65.2 Å². The van der Waals surface area contributed by atoms with Crippen LogP contribution in [0.2, 0.25) is 0 Å². The van der Waals surface area contributed by atoms with Crippen molar-refractivity contribution in [2.24, 2.45) is 0 Å². The summed E-state index contributed by atoms with van der Waals surface area (Å²) < 4.78 is 5.63. The predicted molar refractivity (Wildman–Crippen MR) is 120 cm³/mol. The fourth-order valence-electron chi connectivity index (χ4n) is 3.67. The van der Waals surface area contributed by atoms with E-state index in [-0.39, 0.29) is 11.2 Å². The van der Waals surface area contributed by atoms with Crippen molar-refractivity contribution in [3.8, 4) is 39.7 Å². The van der Waals surface area contributed by atoms with Crippen molar-refractivity contribution >= 4 is 0 Å². The van der Waals surface area contributed by atoms with Crippen LogP contribution in [0.4, 0.5) is 0 Å². The number of aryl methyl sites for hydroxylation is 2. The van der Waals surface area contributed by atoms with Crippen molar-refractivity contribution in [2.45, 2.75) is 40.0 Å². The number of benzene rings is 3. The van der Waals surface area contributed by atoms with Crippen molar-refractivity contribution in [1.29, 1.82) is 0 Å². The van der Waals surface area contributed by atoms with Gasteiger partial charge in [0.2, 0.25) is 5.82 Å². The number of nitrogens with zero attached hydrogens (tertiary/aromatic N) is 2. The standard InChI is InChI=1S/C26H26N2O2/c1-16-10-9-11-17(2)22(16)24-27-25(30-28-24)21-15-19(26(3,4)5)14-20(23(21)29)18-12-7-6-8-13-18/h6-15,29H,1-5H3. The third-order valence-electron chi connectivity index (χ3n) is 5.42. The number of rotatable bonds is 3. The Morgan fingerprint density at radius 1 is 0.833 bits per heavy atom. The summed E-state index contributed by atoms with van der Waals surface area (Å²) >= 11 is 0. The van der Waals surface area contributed by atoms with E-state index in [1.54, 1.807) is 0 Å². The van der Waals surface area contributed by atoms with Gasteiger partial charge in [-0.05, 0) is 53.6 Å². The van der Waals surface area contributed by atoms with Gasteiger partial charge < -0.3 is 9.63 Å². The second kappa shape index (κ2) is 7.45. The molecule has 0 aliphatic rings. The summed E-state index contributed by atoms with van der Waals surface area (Å²) in [5, 5.41) is 15.4. The van der Waals surface area contributed by atoms with Crippen LogP contribution in [0.25, 0.3) is 34.0 Å². The first-order chi connectivity index (χ1) is 14.3. The van der Waals surface area contributed by atoms with Crippen LogP contribution in [0.5, 0.6) is 5.75 Å². The zero-order valence-electron chi connectivity index (χ0n) is 18.0. The molecule has 4 nitrogen and oxygen atoms in total. The Hall–Kier alpha value is -3.40. The molecule has 0 fully saturated rings. The molecule has 30 heavy (non-hydrogen) atoms. The van der Waals surface area contributed by atoms with Gasteiger partial charge >= 0.3 is 0 Å². The van der Waals surface area contributed by atoms with E-state index in [0.29, 0.717) is 17.3 Å². The van der Waals surface area contributed by atoms with Gasteiger partial charge in [0.05, 0.1) is 5.56 Å². The molecule has 0 bridgehead atoms. The number of phenolic OH excluding ortho intramolecular Hbond substituents is 1. The van der Waals surface area contributed by atoms with E-state index < -0.39 is 0 Å². The van der Waals surface area contributed by atoms with Crippen LogP contribution >= 0.6 is 0 Å². The molecule has 3 aromatic carbocycles. The highest BCUT2D eigenvalue weighted by Crippen LogP contribution is 2.42. The Balaban J connectivity index is 1.90. The number of aromatic hydroxyl groups is 1. The van der Waals surface area contributed by atoms with Gasteiger partial charge in [-0.1, -0.05) is 74.5 Å². The van der Waals surface area contributed by atoms with E-state index in [9.17, 15) is 5.11 Å². The quantitative estimate of drug-likeness (QED) is 0.418. The lowest BCUT2D eigenvalue weighted by molar-refractivity contribution is 0.425. The molecule has 0 radical (unpaired) electrons. The third kappa shape index (κ3) is 3.61. The highest BCUT2D eigenvalue weighted by Gasteiger charge is 2.23.